The van der Waals surface area contributed by atoms with Crippen LogP contribution in [0.5, 0.6) is 0 Å². The zero-order chi connectivity index (χ0) is 11.5. The normalized spacial score (nSPS) is 12.9. The molecule has 0 aliphatic heterocycles. The van der Waals surface area contributed by atoms with Crippen molar-refractivity contribution < 1.29 is 0 Å². The maximum Gasteiger partial charge on any atom is 0.110 e. The molecule has 2 heterocycles. The van der Waals surface area contributed by atoms with E-state index in [-0.39, 0.29) is 6.04 Å². The quantitative estimate of drug-likeness (QED) is 0.838. The molecule has 0 fully saturated rings. The maximum atomic E-state index is 4.34. The predicted octanol–water partition coefficient (Wildman–Crippen LogP) is 4.58. The van der Waals surface area contributed by atoms with Crippen molar-refractivity contribution in [3.8, 4) is 0 Å². The molecule has 2 aromatic rings. The predicted molar refractivity (Wildman–Crippen MR) is 77.1 cm³/mol. The lowest BCUT2D eigenvalue weighted by molar-refractivity contribution is 0.576. The number of rotatable bonds is 4. The van der Waals surface area contributed by atoms with E-state index in [1.807, 2.05) is 6.20 Å². The number of halogens is 2. The van der Waals surface area contributed by atoms with Crippen LogP contribution in [0.3, 0.4) is 0 Å². The fourth-order valence-corrected chi connectivity index (χ4v) is 3.96. The van der Waals surface area contributed by atoms with E-state index in [4.69, 9.17) is 0 Å². The Labute approximate surface area is 119 Å². The molecule has 16 heavy (non-hydrogen) atoms. The number of aromatic nitrogens is 1. The van der Waals surface area contributed by atoms with Crippen LogP contribution in [0.1, 0.15) is 22.9 Å². The first-order valence-corrected chi connectivity index (χ1v) is 7.96. The second-order valence-corrected chi connectivity index (χ2v) is 8.30. The van der Waals surface area contributed by atoms with Gasteiger partial charge in [-0.1, -0.05) is 0 Å². The first-order chi connectivity index (χ1) is 7.65. The molecule has 1 N–H and O–H groups in total. The van der Waals surface area contributed by atoms with Crippen LogP contribution in [-0.2, 0) is 6.54 Å². The van der Waals surface area contributed by atoms with E-state index < -0.39 is 0 Å². The zero-order valence-corrected chi connectivity index (χ0v) is 13.3. The smallest absolute Gasteiger partial charge is 0.110 e. The van der Waals surface area contributed by atoms with Gasteiger partial charge in [-0.25, -0.2) is 4.98 Å². The SMILES string of the molecule is CC(NCc1ccc(Br)s1)c1ncc(Br)s1. The Kier molecular flexibility index (Phi) is 4.55. The Hall–Kier alpha value is 0.250. The average molecular weight is 382 g/mol. The first-order valence-electron chi connectivity index (χ1n) is 4.74. The van der Waals surface area contributed by atoms with E-state index in [1.165, 1.54) is 8.66 Å². The summed E-state index contributed by atoms with van der Waals surface area (Å²) < 4.78 is 2.25. The summed E-state index contributed by atoms with van der Waals surface area (Å²) in [7, 11) is 0. The molecule has 0 aromatic carbocycles. The molecule has 0 saturated heterocycles. The summed E-state index contributed by atoms with van der Waals surface area (Å²) >= 11 is 10.3. The minimum Gasteiger partial charge on any atom is -0.303 e. The minimum absolute atomic E-state index is 0.289. The summed E-state index contributed by atoms with van der Waals surface area (Å²) in [6.07, 6.45) is 1.85. The van der Waals surface area contributed by atoms with Crippen molar-refractivity contribution in [2.45, 2.75) is 19.5 Å². The molecule has 0 saturated carbocycles. The van der Waals surface area contributed by atoms with Gasteiger partial charge in [0.05, 0.1) is 19.8 Å². The van der Waals surface area contributed by atoms with Crippen LogP contribution in [-0.4, -0.2) is 4.98 Å². The van der Waals surface area contributed by atoms with E-state index in [2.05, 4.69) is 61.2 Å². The van der Waals surface area contributed by atoms with Crippen molar-refractivity contribution in [2.24, 2.45) is 0 Å². The molecule has 2 nitrogen and oxygen atoms in total. The van der Waals surface area contributed by atoms with Gasteiger partial charge in [-0.3, -0.25) is 0 Å². The summed E-state index contributed by atoms with van der Waals surface area (Å²) in [6, 6.07) is 4.50. The van der Waals surface area contributed by atoms with Crippen LogP contribution < -0.4 is 5.32 Å². The first kappa shape index (κ1) is 12.7. The molecule has 0 amide bonds. The Bertz CT molecular complexity index is 467. The molecule has 1 unspecified atom stereocenters. The second kappa shape index (κ2) is 5.73. The van der Waals surface area contributed by atoms with Gasteiger partial charge in [0, 0.05) is 11.4 Å². The summed E-state index contributed by atoms with van der Waals surface area (Å²) in [5, 5.41) is 4.57. The molecule has 6 heteroatoms. The molecule has 0 aliphatic rings. The van der Waals surface area contributed by atoms with E-state index >= 15 is 0 Å². The summed E-state index contributed by atoms with van der Waals surface area (Å²) in [5.41, 5.74) is 0. The molecule has 0 radical (unpaired) electrons. The van der Waals surface area contributed by atoms with Crippen LogP contribution >= 0.6 is 54.5 Å². The Balaban J connectivity index is 1.91. The lowest BCUT2D eigenvalue weighted by Gasteiger charge is -2.09. The maximum absolute atomic E-state index is 4.34. The molecule has 0 spiro atoms. The van der Waals surface area contributed by atoms with Gasteiger partial charge in [0.2, 0.25) is 0 Å². The Morgan fingerprint density at radius 2 is 2.12 bits per heavy atom. The van der Waals surface area contributed by atoms with E-state index in [1.54, 1.807) is 22.7 Å². The van der Waals surface area contributed by atoms with Crippen LogP contribution in [0, 0.1) is 0 Å². The van der Waals surface area contributed by atoms with Gasteiger partial charge >= 0.3 is 0 Å². The Morgan fingerprint density at radius 3 is 2.69 bits per heavy atom. The second-order valence-electron chi connectivity index (χ2n) is 3.31. The highest BCUT2D eigenvalue weighted by Gasteiger charge is 2.09. The number of nitrogens with zero attached hydrogens (tertiary/aromatic N) is 1. The highest BCUT2D eigenvalue weighted by atomic mass is 79.9. The van der Waals surface area contributed by atoms with Crippen molar-refractivity contribution in [2.75, 3.05) is 0 Å². The number of hydrogen-bond donors (Lipinski definition) is 1. The molecule has 0 aliphatic carbocycles. The van der Waals surface area contributed by atoms with Crippen molar-refractivity contribution in [3.63, 3.8) is 0 Å². The fourth-order valence-electron chi connectivity index (χ4n) is 1.25. The molecule has 1 atom stereocenters. The van der Waals surface area contributed by atoms with Crippen LogP contribution in [0.4, 0.5) is 0 Å². The van der Waals surface area contributed by atoms with Crippen molar-refractivity contribution in [1.29, 1.82) is 0 Å². The third kappa shape index (κ3) is 3.37. The Morgan fingerprint density at radius 1 is 1.31 bits per heavy atom. The summed E-state index contributed by atoms with van der Waals surface area (Å²) in [6.45, 7) is 3.02. The molecule has 2 rings (SSSR count). The van der Waals surface area contributed by atoms with Gasteiger partial charge in [-0.2, -0.15) is 0 Å². The largest absolute Gasteiger partial charge is 0.303 e. The minimum atomic E-state index is 0.289. The van der Waals surface area contributed by atoms with Crippen molar-refractivity contribution in [1.82, 2.24) is 10.3 Å². The fraction of sp³-hybridized carbons (Fsp3) is 0.300. The molecule has 2 aromatic heterocycles. The van der Waals surface area contributed by atoms with E-state index in [0.29, 0.717) is 0 Å². The van der Waals surface area contributed by atoms with E-state index in [0.717, 1.165) is 15.3 Å². The third-order valence-electron chi connectivity index (χ3n) is 2.08. The monoisotopic (exact) mass is 380 g/mol. The van der Waals surface area contributed by atoms with E-state index in [9.17, 15) is 0 Å². The number of thiazole rings is 1. The zero-order valence-electron chi connectivity index (χ0n) is 8.54. The lowest BCUT2D eigenvalue weighted by Crippen LogP contribution is -2.17. The molecular formula is C10H10Br2N2S2. The summed E-state index contributed by atoms with van der Waals surface area (Å²) in [4.78, 5) is 5.66. The number of thiophene rings is 1. The third-order valence-corrected chi connectivity index (χ3v) is 5.36. The highest BCUT2D eigenvalue weighted by molar-refractivity contribution is 9.11. The van der Waals surface area contributed by atoms with Gasteiger partial charge in [-0.15, -0.1) is 22.7 Å². The van der Waals surface area contributed by atoms with Gasteiger partial charge in [0.15, 0.2) is 0 Å². The topological polar surface area (TPSA) is 24.9 Å². The van der Waals surface area contributed by atoms with Gasteiger partial charge in [0.1, 0.15) is 5.01 Å². The summed E-state index contributed by atoms with van der Waals surface area (Å²) in [5.74, 6) is 0. The molecule has 86 valence electrons. The van der Waals surface area contributed by atoms with Crippen molar-refractivity contribution >= 4 is 54.5 Å². The number of nitrogens with one attached hydrogen (secondary N) is 1. The average Bonchev–Trinajstić information content (AvgIpc) is 2.84. The van der Waals surface area contributed by atoms with Gasteiger partial charge in [-0.05, 0) is 50.9 Å². The number of hydrogen-bond acceptors (Lipinski definition) is 4. The van der Waals surface area contributed by atoms with Crippen LogP contribution in [0.2, 0.25) is 0 Å². The molecule has 0 bridgehead atoms. The van der Waals surface area contributed by atoms with Crippen molar-refractivity contribution in [3.05, 3.63) is 35.8 Å². The van der Waals surface area contributed by atoms with Gasteiger partial charge < -0.3 is 5.32 Å². The highest BCUT2D eigenvalue weighted by Crippen LogP contribution is 2.25. The van der Waals surface area contributed by atoms with Gasteiger partial charge in [0.25, 0.3) is 0 Å². The molecular weight excluding hydrogens is 372 g/mol. The standard InChI is InChI=1S/C10H10Br2N2S2/c1-6(10-14-5-9(12)16-10)13-4-7-2-3-8(11)15-7/h2-3,5-6,13H,4H2,1H3. The lowest BCUT2D eigenvalue weighted by atomic mass is 10.3. The van der Waals surface area contributed by atoms with Crippen LogP contribution in [0.15, 0.2) is 25.9 Å². The van der Waals surface area contributed by atoms with Crippen LogP contribution in [0.25, 0.3) is 0 Å².